The lowest BCUT2D eigenvalue weighted by atomic mass is 9.97. The molecule has 5 aromatic rings. The molecule has 57 heavy (non-hydrogen) atoms. The number of nitrogens with one attached hydrogen (secondary N) is 1. The van der Waals surface area contributed by atoms with Crippen molar-refractivity contribution in [2.24, 2.45) is 0 Å². The van der Waals surface area contributed by atoms with Crippen LogP contribution in [0.5, 0.6) is 11.5 Å². The van der Waals surface area contributed by atoms with Crippen LogP contribution in [0.1, 0.15) is 66.1 Å². The van der Waals surface area contributed by atoms with Gasteiger partial charge in [0.25, 0.3) is 5.91 Å². The number of nitrogens with two attached hydrogens (primary N) is 1. The molecule has 3 aromatic carbocycles. The first kappa shape index (κ1) is 36.3. The zero-order chi connectivity index (χ0) is 39.0. The highest BCUT2D eigenvalue weighted by atomic mass is 16.5. The number of nitrogen functional groups attached to an aromatic ring is 1. The lowest BCUT2D eigenvalue weighted by Crippen LogP contribution is -2.52. The Balaban J connectivity index is 0.797. The van der Waals surface area contributed by atoms with Crippen LogP contribution in [0.15, 0.2) is 83.9 Å². The fraction of sp³-hybridized carbons (Fsp3) is 0.349. The predicted molar refractivity (Wildman–Crippen MR) is 213 cm³/mol. The van der Waals surface area contributed by atoms with Gasteiger partial charge in [-0.2, -0.15) is 0 Å². The Bertz CT molecular complexity index is 2470. The number of carbonyl (C=O) groups excluding carboxylic acids is 3. The SMILES string of the molecule is Nc1ncnc2c1n(-c1ccc(Oc3ccccc3)cc1)c(=O)n2C1CCN(C2CCN(CC#Cc3ccc4c(c3)CN(C3CCC(=O)NC3=O)C4=O)CC2)CC1. The predicted octanol–water partition coefficient (Wildman–Crippen LogP) is 3.87. The Hall–Kier alpha value is -6.30. The van der Waals surface area contributed by atoms with Crippen molar-refractivity contribution in [1.82, 2.24) is 39.1 Å². The summed E-state index contributed by atoms with van der Waals surface area (Å²) in [6.07, 6.45) is 5.76. The molecule has 4 aliphatic rings. The molecule has 9 rings (SSSR count). The maximum atomic E-state index is 14.2. The normalized spacial score (nSPS) is 19.7. The second kappa shape index (κ2) is 15.3. The average Bonchev–Trinajstić information content (AvgIpc) is 3.72. The molecule has 0 spiro atoms. The van der Waals surface area contributed by atoms with Gasteiger partial charge in [0, 0.05) is 62.4 Å². The highest BCUT2D eigenvalue weighted by Crippen LogP contribution is 2.32. The van der Waals surface area contributed by atoms with Crippen molar-refractivity contribution in [2.45, 2.75) is 63.2 Å². The molecule has 3 amide bonds. The van der Waals surface area contributed by atoms with Gasteiger partial charge in [-0.1, -0.05) is 30.0 Å². The Morgan fingerprint density at radius 3 is 2.32 bits per heavy atom. The molecule has 14 heteroatoms. The molecule has 0 aliphatic carbocycles. The van der Waals surface area contributed by atoms with Crippen LogP contribution in [0.4, 0.5) is 5.82 Å². The van der Waals surface area contributed by atoms with Gasteiger partial charge >= 0.3 is 5.69 Å². The van der Waals surface area contributed by atoms with Gasteiger partial charge in [-0.15, -0.1) is 0 Å². The number of imide groups is 1. The van der Waals surface area contributed by atoms with Crippen LogP contribution in [0.3, 0.4) is 0 Å². The summed E-state index contributed by atoms with van der Waals surface area (Å²) in [7, 11) is 0. The molecular formula is C43H43N9O5. The summed E-state index contributed by atoms with van der Waals surface area (Å²) in [6.45, 7) is 4.69. The molecule has 0 saturated carbocycles. The van der Waals surface area contributed by atoms with Crippen molar-refractivity contribution in [2.75, 3.05) is 38.5 Å². The van der Waals surface area contributed by atoms with Crippen LogP contribution in [-0.2, 0) is 16.1 Å². The number of benzene rings is 3. The van der Waals surface area contributed by atoms with E-state index in [0.29, 0.717) is 53.7 Å². The molecule has 0 radical (unpaired) electrons. The smallest absolute Gasteiger partial charge is 0.335 e. The standard InChI is InChI=1S/C43H43N9O5/c44-39-38-40(46-27-45-39)52(43(56)51(38)31-9-11-34(12-10-31)57-33-6-2-1-3-7-33)32-18-23-49(24-19-32)30-16-21-48(22-17-30)20-4-5-28-8-13-35-29(25-28)26-50(42(35)55)36-14-15-37(53)47-41(36)54/h1-3,6-13,25,27,30,32,36H,14-24,26H2,(H2,44,45,46)(H,47,53,54). The molecule has 1 unspecified atom stereocenters. The number of piperidine rings is 3. The maximum absolute atomic E-state index is 14.2. The minimum absolute atomic E-state index is 0.0132. The van der Waals surface area contributed by atoms with Gasteiger partial charge < -0.3 is 20.3 Å². The Kier molecular flexibility index (Phi) is 9.77. The van der Waals surface area contributed by atoms with Gasteiger partial charge in [-0.25, -0.2) is 14.8 Å². The van der Waals surface area contributed by atoms with Crippen molar-refractivity contribution in [3.8, 4) is 29.0 Å². The number of para-hydroxylation sites is 1. The summed E-state index contributed by atoms with van der Waals surface area (Å²) in [5.74, 6) is 7.38. The second-order valence-corrected chi connectivity index (χ2v) is 15.2. The van der Waals surface area contributed by atoms with Gasteiger partial charge in [0.2, 0.25) is 11.8 Å². The molecule has 6 heterocycles. The van der Waals surface area contributed by atoms with E-state index in [1.54, 1.807) is 15.5 Å². The van der Waals surface area contributed by atoms with Crippen molar-refractivity contribution in [3.63, 3.8) is 0 Å². The lowest BCUT2D eigenvalue weighted by molar-refractivity contribution is -0.136. The number of ether oxygens (including phenoxy) is 1. The van der Waals surface area contributed by atoms with E-state index >= 15 is 0 Å². The van der Waals surface area contributed by atoms with Gasteiger partial charge in [0.1, 0.15) is 29.4 Å². The molecule has 3 N–H and O–H groups in total. The summed E-state index contributed by atoms with van der Waals surface area (Å²) in [5, 5.41) is 2.35. The average molecular weight is 766 g/mol. The molecule has 1 atom stereocenters. The van der Waals surface area contributed by atoms with E-state index < -0.39 is 11.9 Å². The van der Waals surface area contributed by atoms with E-state index in [1.807, 2.05) is 71.3 Å². The van der Waals surface area contributed by atoms with Crippen molar-refractivity contribution in [1.29, 1.82) is 0 Å². The Morgan fingerprint density at radius 1 is 0.825 bits per heavy atom. The quantitative estimate of drug-likeness (QED) is 0.184. The summed E-state index contributed by atoms with van der Waals surface area (Å²) >= 11 is 0. The van der Waals surface area contributed by atoms with Gasteiger partial charge in [-0.05, 0) is 92.3 Å². The van der Waals surface area contributed by atoms with Crippen molar-refractivity contribution < 1.29 is 19.1 Å². The fourth-order valence-electron chi connectivity index (χ4n) is 8.78. The molecule has 4 aliphatic heterocycles. The number of amides is 3. The highest BCUT2D eigenvalue weighted by molar-refractivity contribution is 6.05. The third-order valence-electron chi connectivity index (χ3n) is 11.8. The number of likely N-dealkylation sites (tertiary alicyclic amines) is 2. The molecule has 14 nitrogen and oxygen atoms in total. The number of hydrogen-bond acceptors (Lipinski definition) is 10. The number of imidazole rings is 1. The number of anilines is 1. The fourth-order valence-corrected chi connectivity index (χ4v) is 8.78. The minimum atomic E-state index is -0.629. The minimum Gasteiger partial charge on any atom is -0.457 e. The van der Waals surface area contributed by atoms with Crippen molar-refractivity contribution >= 4 is 34.7 Å². The maximum Gasteiger partial charge on any atom is 0.335 e. The lowest BCUT2D eigenvalue weighted by Gasteiger charge is -2.41. The van der Waals surface area contributed by atoms with E-state index in [0.717, 1.165) is 68.7 Å². The Labute approximate surface area is 329 Å². The zero-order valence-corrected chi connectivity index (χ0v) is 31.5. The largest absolute Gasteiger partial charge is 0.457 e. The molecular weight excluding hydrogens is 723 g/mol. The van der Waals surface area contributed by atoms with E-state index in [1.165, 1.54) is 6.33 Å². The second-order valence-electron chi connectivity index (χ2n) is 15.2. The zero-order valence-electron chi connectivity index (χ0n) is 31.5. The monoisotopic (exact) mass is 765 g/mol. The van der Waals surface area contributed by atoms with Crippen LogP contribution in [-0.4, -0.2) is 96.3 Å². The van der Waals surface area contributed by atoms with Crippen LogP contribution in [0.25, 0.3) is 16.9 Å². The third-order valence-corrected chi connectivity index (χ3v) is 11.8. The topological polar surface area (TPSA) is 161 Å². The van der Waals surface area contributed by atoms with Crippen LogP contribution in [0, 0.1) is 11.8 Å². The van der Waals surface area contributed by atoms with E-state index in [-0.39, 0.29) is 35.8 Å². The number of nitrogens with zero attached hydrogens (tertiary/aromatic N) is 7. The van der Waals surface area contributed by atoms with E-state index in [9.17, 15) is 19.2 Å². The van der Waals surface area contributed by atoms with E-state index in [2.05, 4.69) is 36.9 Å². The molecule has 3 fully saturated rings. The number of aromatic nitrogens is 4. The van der Waals surface area contributed by atoms with Crippen LogP contribution < -0.4 is 21.5 Å². The third kappa shape index (κ3) is 7.16. The first-order valence-corrected chi connectivity index (χ1v) is 19.6. The summed E-state index contributed by atoms with van der Waals surface area (Å²) in [4.78, 5) is 66.5. The van der Waals surface area contributed by atoms with Crippen LogP contribution >= 0.6 is 0 Å². The summed E-state index contributed by atoms with van der Waals surface area (Å²) < 4.78 is 9.40. The highest BCUT2D eigenvalue weighted by Gasteiger charge is 2.39. The molecule has 2 aromatic heterocycles. The number of rotatable bonds is 7. The van der Waals surface area contributed by atoms with Gasteiger partial charge in [0.15, 0.2) is 11.5 Å². The number of carbonyl (C=O) groups is 3. The molecule has 3 saturated heterocycles. The Morgan fingerprint density at radius 2 is 1.56 bits per heavy atom. The molecule has 0 bridgehead atoms. The van der Waals surface area contributed by atoms with Crippen molar-refractivity contribution in [3.05, 3.63) is 106 Å². The first-order chi connectivity index (χ1) is 27.8. The first-order valence-electron chi connectivity index (χ1n) is 19.6. The van der Waals surface area contributed by atoms with Crippen LogP contribution in [0.2, 0.25) is 0 Å². The summed E-state index contributed by atoms with van der Waals surface area (Å²) in [5.41, 5.74) is 10.2. The van der Waals surface area contributed by atoms with Gasteiger partial charge in [-0.3, -0.25) is 33.7 Å². The molecule has 290 valence electrons. The van der Waals surface area contributed by atoms with E-state index in [4.69, 9.17) is 10.5 Å². The number of hydrogen-bond donors (Lipinski definition) is 2. The van der Waals surface area contributed by atoms with Gasteiger partial charge in [0.05, 0.1) is 12.2 Å². The number of fused-ring (bicyclic) bond motifs is 2. The summed E-state index contributed by atoms with van der Waals surface area (Å²) in [6, 6.07) is 22.4.